The smallest absolute Gasteiger partial charge is 0.318 e. The van der Waals surface area contributed by atoms with Crippen LogP contribution in [-0.2, 0) is 35.2 Å². The second kappa shape index (κ2) is 16.8. The zero-order valence-corrected chi connectivity index (χ0v) is 28.4. The van der Waals surface area contributed by atoms with Gasteiger partial charge in [-0.2, -0.15) is 0 Å². The number of aromatic nitrogens is 4. The lowest BCUT2D eigenvalue weighted by molar-refractivity contribution is -0.133. The first-order chi connectivity index (χ1) is 22.0. The number of nitrogens with zero attached hydrogens (tertiary/aromatic N) is 6. The summed E-state index contributed by atoms with van der Waals surface area (Å²) in [6.07, 6.45) is 16.7. The molecule has 2 aliphatic heterocycles. The van der Waals surface area contributed by atoms with Gasteiger partial charge in [0.15, 0.2) is 0 Å². The molecule has 10 heteroatoms. The lowest BCUT2D eigenvalue weighted by Crippen LogP contribution is -2.45. The summed E-state index contributed by atoms with van der Waals surface area (Å²) in [5.74, 6) is 1.83. The molecule has 2 aromatic heterocycles. The molecule has 0 radical (unpaired) electrons. The number of carbonyl (C=O) groups is 1. The summed E-state index contributed by atoms with van der Waals surface area (Å²) in [5.41, 5.74) is 1.70. The molecular formula is C35H53N7O2S. The molecule has 2 fully saturated rings. The molecule has 1 spiro atoms. The van der Waals surface area contributed by atoms with Gasteiger partial charge in [-0.3, -0.25) is 9.69 Å². The van der Waals surface area contributed by atoms with E-state index < -0.39 is 0 Å². The number of aryl methyl sites for hydroxylation is 1. The SMILES string of the molecule is CCCC(=O)OSc1cccc(CN(Cc2ncc[nH]2)Cc2nccn2CCCN2CCC3(CCN(C(CC)CC)CC3)C2)c1. The Morgan fingerprint density at radius 3 is 2.62 bits per heavy atom. The Bertz CT molecular complexity index is 1300. The summed E-state index contributed by atoms with van der Waals surface area (Å²) in [6, 6.07) is 9.00. The largest absolute Gasteiger partial charge is 0.386 e. The molecule has 0 saturated carbocycles. The Balaban J connectivity index is 1.13. The van der Waals surface area contributed by atoms with Gasteiger partial charge in [0.1, 0.15) is 11.6 Å². The Morgan fingerprint density at radius 1 is 1.04 bits per heavy atom. The molecule has 246 valence electrons. The highest BCUT2D eigenvalue weighted by molar-refractivity contribution is 7.95. The van der Waals surface area contributed by atoms with Crippen LogP contribution in [0.4, 0.5) is 0 Å². The maximum absolute atomic E-state index is 11.9. The van der Waals surface area contributed by atoms with Crippen LogP contribution in [0.1, 0.15) is 89.4 Å². The second-order valence-electron chi connectivity index (χ2n) is 13.0. The van der Waals surface area contributed by atoms with E-state index in [-0.39, 0.29) is 5.97 Å². The molecular weight excluding hydrogens is 582 g/mol. The van der Waals surface area contributed by atoms with Gasteiger partial charge >= 0.3 is 5.97 Å². The van der Waals surface area contributed by atoms with Crippen LogP contribution in [-0.4, -0.2) is 79.0 Å². The lowest BCUT2D eigenvalue weighted by Gasteiger charge is -2.42. The number of aromatic amines is 1. The van der Waals surface area contributed by atoms with Crippen molar-refractivity contribution in [1.29, 1.82) is 0 Å². The molecule has 0 atom stereocenters. The van der Waals surface area contributed by atoms with Crippen LogP contribution in [0.25, 0.3) is 0 Å². The lowest BCUT2D eigenvalue weighted by atomic mass is 9.77. The quantitative estimate of drug-likeness (QED) is 0.168. The van der Waals surface area contributed by atoms with E-state index in [9.17, 15) is 4.79 Å². The molecule has 2 saturated heterocycles. The van der Waals surface area contributed by atoms with Crippen LogP contribution in [0.3, 0.4) is 0 Å². The predicted octanol–water partition coefficient (Wildman–Crippen LogP) is 6.53. The molecule has 0 aliphatic carbocycles. The first-order valence-electron chi connectivity index (χ1n) is 17.1. The third-order valence-electron chi connectivity index (χ3n) is 9.79. The minimum Gasteiger partial charge on any atom is -0.386 e. The van der Waals surface area contributed by atoms with E-state index in [2.05, 4.69) is 61.4 Å². The predicted molar refractivity (Wildman–Crippen MR) is 180 cm³/mol. The average Bonchev–Trinajstić information content (AvgIpc) is 3.81. The van der Waals surface area contributed by atoms with E-state index in [0.717, 1.165) is 79.2 Å². The van der Waals surface area contributed by atoms with Gasteiger partial charge in [-0.15, -0.1) is 0 Å². The molecule has 2 aliphatic rings. The Hall–Kier alpha value is -2.66. The number of benzene rings is 1. The number of hydrogen-bond acceptors (Lipinski definition) is 8. The highest BCUT2D eigenvalue weighted by Gasteiger charge is 2.40. The monoisotopic (exact) mass is 635 g/mol. The van der Waals surface area contributed by atoms with Crippen molar-refractivity contribution >= 4 is 18.0 Å². The Labute approximate surface area is 274 Å². The maximum Gasteiger partial charge on any atom is 0.318 e. The van der Waals surface area contributed by atoms with Crippen molar-refractivity contribution in [2.45, 2.75) is 109 Å². The third-order valence-corrected chi connectivity index (χ3v) is 10.5. The summed E-state index contributed by atoms with van der Waals surface area (Å²) in [4.78, 5) is 33.2. The van der Waals surface area contributed by atoms with Gasteiger partial charge in [-0.05, 0) is 94.2 Å². The molecule has 0 bridgehead atoms. The fourth-order valence-corrected chi connectivity index (χ4v) is 7.82. The van der Waals surface area contributed by atoms with E-state index in [0.29, 0.717) is 18.4 Å². The van der Waals surface area contributed by atoms with Gasteiger partial charge in [-0.1, -0.05) is 32.9 Å². The molecule has 9 nitrogen and oxygen atoms in total. The van der Waals surface area contributed by atoms with Crippen molar-refractivity contribution in [3.63, 3.8) is 0 Å². The first kappa shape index (κ1) is 33.7. The average molecular weight is 636 g/mol. The van der Waals surface area contributed by atoms with Crippen molar-refractivity contribution in [1.82, 2.24) is 34.2 Å². The standard InChI is InChI=1S/C35H53N7O2S/c1-4-9-34(43)44-45-31-11-7-10-29(24-31)25-40(26-32-36-15-16-37-32)27-33-38-17-23-42(33)19-8-18-39-20-12-35(28-39)13-21-41(22-14-35)30(5-2)6-3/h7,10-11,15-17,23-24,30H,4-6,8-9,12-14,18-22,25-28H2,1-3H3,(H,36,37). The molecule has 1 N–H and O–H groups in total. The highest BCUT2D eigenvalue weighted by Crippen LogP contribution is 2.41. The minimum atomic E-state index is -0.179. The zero-order chi connectivity index (χ0) is 31.5. The van der Waals surface area contributed by atoms with Gasteiger partial charge in [0.25, 0.3) is 0 Å². The van der Waals surface area contributed by atoms with E-state index in [1.165, 1.54) is 58.3 Å². The molecule has 45 heavy (non-hydrogen) atoms. The third kappa shape index (κ3) is 9.67. The van der Waals surface area contributed by atoms with Crippen LogP contribution >= 0.6 is 12.0 Å². The molecule has 0 amide bonds. The van der Waals surface area contributed by atoms with Gasteiger partial charge in [-0.25, -0.2) is 9.97 Å². The summed E-state index contributed by atoms with van der Waals surface area (Å²) in [5, 5.41) is 0. The van der Waals surface area contributed by atoms with Crippen LogP contribution in [0, 0.1) is 5.41 Å². The second-order valence-corrected chi connectivity index (χ2v) is 13.8. The highest BCUT2D eigenvalue weighted by atomic mass is 32.2. The molecule has 4 heterocycles. The number of piperidine rings is 1. The van der Waals surface area contributed by atoms with Gasteiger partial charge in [0, 0.05) is 61.8 Å². The van der Waals surface area contributed by atoms with E-state index in [4.69, 9.17) is 9.17 Å². The van der Waals surface area contributed by atoms with Crippen molar-refractivity contribution in [2.24, 2.45) is 5.41 Å². The Kier molecular flexibility index (Phi) is 12.6. The first-order valence-corrected chi connectivity index (χ1v) is 17.9. The van der Waals surface area contributed by atoms with Crippen LogP contribution < -0.4 is 0 Å². The van der Waals surface area contributed by atoms with Gasteiger partial charge in [0.2, 0.25) is 0 Å². The fraction of sp³-hybridized carbons (Fsp3) is 0.629. The van der Waals surface area contributed by atoms with Gasteiger partial charge in [0.05, 0.1) is 25.1 Å². The van der Waals surface area contributed by atoms with Crippen molar-refractivity contribution in [3.05, 3.63) is 66.3 Å². The number of hydrogen-bond donors (Lipinski definition) is 1. The van der Waals surface area contributed by atoms with E-state index in [1.807, 2.05) is 31.5 Å². The molecule has 1 aromatic carbocycles. The van der Waals surface area contributed by atoms with Crippen LogP contribution in [0.5, 0.6) is 0 Å². The number of rotatable bonds is 17. The Morgan fingerprint density at radius 2 is 1.87 bits per heavy atom. The number of H-pyrrole nitrogens is 1. The normalized spacial score (nSPS) is 17.2. The topological polar surface area (TPSA) is 82.5 Å². The summed E-state index contributed by atoms with van der Waals surface area (Å²) in [6.45, 7) is 16.0. The maximum atomic E-state index is 11.9. The van der Waals surface area contributed by atoms with Crippen molar-refractivity contribution < 1.29 is 8.98 Å². The number of carbonyl (C=O) groups excluding carboxylic acids is 1. The number of likely N-dealkylation sites (tertiary alicyclic amines) is 2. The van der Waals surface area contributed by atoms with Crippen molar-refractivity contribution in [2.75, 3.05) is 32.7 Å². The molecule has 0 unspecified atom stereocenters. The summed E-state index contributed by atoms with van der Waals surface area (Å²) < 4.78 is 7.70. The minimum absolute atomic E-state index is 0.179. The fourth-order valence-electron chi connectivity index (χ4n) is 7.21. The van der Waals surface area contributed by atoms with Gasteiger partial charge < -0.3 is 23.5 Å². The van der Waals surface area contributed by atoms with Crippen molar-refractivity contribution in [3.8, 4) is 0 Å². The van der Waals surface area contributed by atoms with E-state index in [1.54, 1.807) is 6.20 Å². The molecule has 3 aromatic rings. The van der Waals surface area contributed by atoms with E-state index >= 15 is 0 Å². The zero-order valence-electron chi connectivity index (χ0n) is 27.6. The summed E-state index contributed by atoms with van der Waals surface area (Å²) >= 11 is 1.14. The van der Waals surface area contributed by atoms with Crippen LogP contribution in [0.15, 0.2) is 53.9 Å². The number of imidazole rings is 2. The van der Waals surface area contributed by atoms with Crippen LogP contribution in [0.2, 0.25) is 0 Å². The number of nitrogens with one attached hydrogen (secondary N) is 1. The summed E-state index contributed by atoms with van der Waals surface area (Å²) in [7, 11) is 0. The molecule has 5 rings (SSSR count).